The molecule has 0 radical (unpaired) electrons. The molecule has 0 saturated heterocycles. The zero-order valence-corrected chi connectivity index (χ0v) is 8.97. The molecule has 0 aromatic heterocycles. The summed E-state index contributed by atoms with van der Waals surface area (Å²) in [6, 6.07) is 2.16. The Bertz CT molecular complexity index is 365. The Labute approximate surface area is 88.6 Å². The normalized spacial score (nSPS) is 9.93. The highest BCUT2D eigenvalue weighted by molar-refractivity contribution is 9.10. The zero-order chi connectivity index (χ0) is 10.7. The minimum Gasteiger partial charge on any atom is -0.507 e. The van der Waals surface area contributed by atoms with Crippen LogP contribution in [-0.4, -0.2) is 17.7 Å². The fourth-order valence-electron chi connectivity index (χ4n) is 0.938. The summed E-state index contributed by atoms with van der Waals surface area (Å²) in [4.78, 5) is 11.3. The number of halogens is 2. The van der Waals surface area contributed by atoms with E-state index in [4.69, 9.17) is 0 Å². The molecular formula is C9H8BrFO3. The molecule has 0 atom stereocenters. The molecule has 0 bridgehead atoms. The largest absolute Gasteiger partial charge is 0.507 e. The van der Waals surface area contributed by atoms with Gasteiger partial charge in [-0.1, -0.05) is 0 Å². The van der Waals surface area contributed by atoms with Crippen molar-refractivity contribution in [3.63, 3.8) is 0 Å². The van der Waals surface area contributed by atoms with Gasteiger partial charge in [-0.3, -0.25) is 0 Å². The van der Waals surface area contributed by atoms with Crippen LogP contribution in [0.4, 0.5) is 4.39 Å². The van der Waals surface area contributed by atoms with Crippen LogP contribution in [0, 0.1) is 5.82 Å². The lowest BCUT2D eigenvalue weighted by Gasteiger charge is -2.06. The molecule has 0 heterocycles. The first-order valence-corrected chi connectivity index (χ1v) is 4.71. The van der Waals surface area contributed by atoms with Crippen molar-refractivity contribution in [1.82, 2.24) is 0 Å². The molecule has 0 amide bonds. The van der Waals surface area contributed by atoms with Crippen LogP contribution in [0.2, 0.25) is 0 Å². The zero-order valence-electron chi connectivity index (χ0n) is 7.38. The van der Waals surface area contributed by atoms with Gasteiger partial charge in [0.2, 0.25) is 0 Å². The SMILES string of the molecule is CCOC(=O)c1c(O)ccc(F)c1Br. The third kappa shape index (κ3) is 2.04. The fraction of sp³-hybridized carbons (Fsp3) is 0.222. The van der Waals surface area contributed by atoms with Crippen LogP contribution in [0.15, 0.2) is 16.6 Å². The fourth-order valence-corrected chi connectivity index (χ4v) is 1.44. The highest BCUT2D eigenvalue weighted by atomic mass is 79.9. The topological polar surface area (TPSA) is 46.5 Å². The highest BCUT2D eigenvalue weighted by Gasteiger charge is 2.19. The summed E-state index contributed by atoms with van der Waals surface area (Å²) in [7, 11) is 0. The third-order valence-electron chi connectivity index (χ3n) is 1.55. The van der Waals surface area contributed by atoms with Crippen molar-refractivity contribution in [3.8, 4) is 5.75 Å². The Morgan fingerprint density at radius 1 is 1.64 bits per heavy atom. The van der Waals surface area contributed by atoms with E-state index in [9.17, 15) is 14.3 Å². The minimum atomic E-state index is -0.753. The molecule has 0 unspecified atom stereocenters. The van der Waals surface area contributed by atoms with E-state index in [0.29, 0.717) is 0 Å². The predicted molar refractivity (Wildman–Crippen MR) is 51.7 cm³/mol. The van der Waals surface area contributed by atoms with Crippen LogP contribution in [0.3, 0.4) is 0 Å². The van der Waals surface area contributed by atoms with Crippen LogP contribution < -0.4 is 0 Å². The maximum absolute atomic E-state index is 13.0. The van der Waals surface area contributed by atoms with Gasteiger partial charge >= 0.3 is 5.97 Å². The number of rotatable bonds is 2. The molecule has 3 nitrogen and oxygen atoms in total. The van der Waals surface area contributed by atoms with Gasteiger partial charge in [0.1, 0.15) is 17.1 Å². The van der Waals surface area contributed by atoms with Crippen molar-refractivity contribution in [1.29, 1.82) is 0 Å². The lowest BCUT2D eigenvalue weighted by atomic mass is 10.2. The van der Waals surface area contributed by atoms with Crippen molar-refractivity contribution in [2.75, 3.05) is 6.61 Å². The van der Waals surface area contributed by atoms with E-state index in [1.807, 2.05) is 0 Å². The summed E-state index contributed by atoms with van der Waals surface area (Å²) in [5, 5.41) is 9.32. The van der Waals surface area contributed by atoms with Crippen LogP contribution in [0.1, 0.15) is 17.3 Å². The van der Waals surface area contributed by atoms with E-state index in [1.165, 1.54) is 0 Å². The number of esters is 1. The van der Waals surface area contributed by atoms with Gasteiger partial charge in [-0.25, -0.2) is 9.18 Å². The molecule has 0 saturated carbocycles. The third-order valence-corrected chi connectivity index (χ3v) is 2.33. The van der Waals surface area contributed by atoms with Gasteiger partial charge in [0.25, 0.3) is 0 Å². The first-order chi connectivity index (χ1) is 6.57. The predicted octanol–water partition coefficient (Wildman–Crippen LogP) is 2.47. The van der Waals surface area contributed by atoms with Gasteiger partial charge in [-0.2, -0.15) is 0 Å². The second kappa shape index (κ2) is 4.41. The van der Waals surface area contributed by atoms with Gasteiger partial charge in [0, 0.05) is 0 Å². The second-order valence-corrected chi connectivity index (χ2v) is 3.27. The summed E-state index contributed by atoms with van der Waals surface area (Å²) in [6.07, 6.45) is 0. The Hall–Kier alpha value is -1.10. The van der Waals surface area contributed by atoms with Gasteiger partial charge in [0.15, 0.2) is 0 Å². The highest BCUT2D eigenvalue weighted by Crippen LogP contribution is 2.29. The number of carbonyl (C=O) groups excluding carboxylic acids is 1. The number of phenolic OH excluding ortho intramolecular Hbond substituents is 1. The average Bonchev–Trinajstić information content (AvgIpc) is 2.13. The van der Waals surface area contributed by atoms with Crippen molar-refractivity contribution in [3.05, 3.63) is 28.0 Å². The standard InChI is InChI=1S/C9H8BrFO3/c1-2-14-9(13)7-6(12)4-3-5(11)8(7)10/h3-4,12H,2H2,1H3. The number of hydrogen-bond acceptors (Lipinski definition) is 3. The molecule has 0 fully saturated rings. The number of phenols is 1. The van der Waals surface area contributed by atoms with Crippen molar-refractivity contribution in [2.45, 2.75) is 6.92 Å². The minimum absolute atomic E-state index is 0.0871. The van der Waals surface area contributed by atoms with E-state index >= 15 is 0 Å². The molecule has 1 N–H and O–H groups in total. The molecule has 5 heteroatoms. The Morgan fingerprint density at radius 3 is 2.86 bits per heavy atom. The van der Waals surface area contributed by atoms with Gasteiger partial charge < -0.3 is 9.84 Å². The van der Waals surface area contributed by atoms with E-state index in [1.54, 1.807) is 6.92 Å². The lowest BCUT2D eigenvalue weighted by molar-refractivity contribution is 0.0521. The average molecular weight is 263 g/mol. The van der Waals surface area contributed by atoms with Crippen LogP contribution in [0.25, 0.3) is 0 Å². The van der Waals surface area contributed by atoms with Gasteiger partial charge in [-0.15, -0.1) is 0 Å². The number of hydrogen-bond donors (Lipinski definition) is 1. The van der Waals surface area contributed by atoms with E-state index < -0.39 is 11.8 Å². The number of aromatic hydroxyl groups is 1. The Morgan fingerprint density at radius 2 is 2.29 bits per heavy atom. The molecule has 76 valence electrons. The van der Waals surface area contributed by atoms with E-state index in [0.717, 1.165) is 12.1 Å². The smallest absolute Gasteiger partial charge is 0.343 e. The van der Waals surface area contributed by atoms with Crippen LogP contribution in [0.5, 0.6) is 5.75 Å². The first kappa shape index (κ1) is 11.0. The lowest BCUT2D eigenvalue weighted by Crippen LogP contribution is -2.06. The number of benzene rings is 1. The molecular weight excluding hydrogens is 255 g/mol. The number of carbonyl (C=O) groups is 1. The maximum atomic E-state index is 13.0. The molecule has 1 aromatic rings. The van der Waals surface area contributed by atoms with Crippen LogP contribution in [-0.2, 0) is 4.74 Å². The molecule has 0 aliphatic rings. The summed E-state index contributed by atoms with van der Waals surface area (Å²) < 4.78 is 17.6. The summed E-state index contributed by atoms with van der Waals surface area (Å²) in [5.41, 5.74) is -0.188. The monoisotopic (exact) mass is 262 g/mol. The molecule has 0 aliphatic heterocycles. The van der Waals surface area contributed by atoms with Gasteiger partial charge in [0.05, 0.1) is 11.1 Å². The second-order valence-electron chi connectivity index (χ2n) is 2.48. The molecule has 0 aliphatic carbocycles. The molecule has 14 heavy (non-hydrogen) atoms. The maximum Gasteiger partial charge on any atom is 0.343 e. The first-order valence-electron chi connectivity index (χ1n) is 3.92. The summed E-state index contributed by atoms with van der Waals surface area (Å²) in [6.45, 7) is 1.80. The number of ether oxygens (including phenoxy) is 1. The van der Waals surface area contributed by atoms with Crippen molar-refractivity contribution >= 4 is 21.9 Å². The Balaban J connectivity index is 3.18. The van der Waals surface area contributed by atoms with Crippen LogP contribution >= 0.6 is 15.9 Å². The summed E-state index contributed by atoms with van der Waals surface area (Å²) >= 11 is 2.87. The molecule has 1 aromatic carbocycles. The molecule has 0 spiro atoms. The Kier molecular flexibility index (Phi) is 3.46. The van der Waals surface area contributed by atoms with Crippen molar-refractivity contribution < 1.29 is 19.0 Å². The van der Waals surface area contributed by atoms with Crippen molar-refractivity contribution in [2.24, 2.45) is 0 Å². The molecule has 1 rings (SSSR count). The van der Waals surface area contributed by atoms with Gasteiger partial charge in [-0.05, 0) is 35.0 Å². The van der Waals surface area contributed by atoms with E-state index in [2.05, 4.69) is 20.7 Å². The quantitative estimate of drug-likeness (QED) is 0.834. The summed E-state index contributed by atoms with van der Waals surface area (Å²) in [5.74, 6) is -1.68. The van der Waals surface area contributed by atoms with E-state index in [-0.39, 0.29) is 22.4 Å².